The SMILES string of the molecule is Cc1ccc(N(c2ccc(Br)cc2)c2ccc(Br)cc2)cc1-c1ccc2c(c1)C1(C)CCC2(C)C1. The second kappa shape index (κ2) is 8.35. The van der Waals surface area contributed by atoms with Crippen molar-refractivity contribution < 1.29 is 0 Å². The topological polar surface area (TPSA) is 3.24 Å². The number of aryl methyl sites for hydroxylation is 1. The molecule has 3 heteroatoms. The summed E-state index contributed by atoms with van der Waals surface area (Å²) in [6.07, 6.45) is 3.91. The first-order valence-corrected chi connectivity index (χ1v) is 13.9. The zero-order chi connectivity index (χ0) is 24.4. The Bertz CT molecular complexity index is 1380. The summed E-state index contributed by atoms with van der Waals surface area (Å²) in [6, 6.07) is 31.2. The van der Waals surface area contributed by atoms with Crippen LogP contribution in [0.1, 0.15) is 49.8 Å². The fourth-order valence-electron chi connectivity index (χ4n) is 6.47. The monoisotopic (exact) mass is 585 g/mol. The fourth-order valence-corrected chi connectivity index (χ4v) is 7.00. The van der Waals surface area contributed by atoms with Crippen LogP contribution in [0.4, 0.5) is 17.1 Å². The molecule has 0 amide bonds. The van der Waals surface area contributed by atoms with Gasteiger partial charge in [-0.15, -0.1) is 0 Å². The number of rotatable bonds is 4. The Morgan fingerprint density at radius 2 is 1.17 bits per heavy atom. The quantitative estimate of drug-likeness (QED) is 0.230. The first-order chi connectivity index (χ1) is 16.8. The zero-order valence-corrected chi connectivity index (χ0v) is 23.6. The van der Waals surface area contributed by atoms with E-state index in [9.17, 15) is 0 Å². The predicted octanol–water partition coefficient (Wildman–Crippen LogP) is 10.4. The van der Waals surface area contributed by atoms with E-state index in [0.29, 0.717) is 10.8 Å². The molecule has 0 N–H and O–H groups in total. The van der Waals surface area contributed by atoms with E-state index >= 15 is 0 Å². The van der Waals surface area contributed by atoms with Crippen LogP contribution in [0.3, 0.4) is 0 Å². The van der Waals surface area contributed by atoms with E-state index in [0.717, 1.165) is 26.0 Å². The van der Waals surface area contributed by atoms with Crippen molar-refractivity contribution in [1.29, 1.82) is 0 Å². The lowest BCUT2D eigenvalue weighted by Gasteiger charge is -2.28. The average Bonchev–Trinajstić information content (AvgIpc) is 3.29. The number of benzene rings is 4. The molecule has 0 saturated heterocycles. The van der Waals surface area contributed by atoms with Crippen molar-refractivity contribution in [2.75, 3.05) is 4.90 Å². The standard InChI is InChI=1S/C32H29Br2N/c1-21-4-10-27(35(25-11-6-23(33)7-12-25)26-13-8-24(34)9-14-26)19-28(21)22-5-15-29-30(18-22)32(3)17-16-31(29,2)20-32/h4-15,18-19H,16-17,20H2,1-3H3. The number of nitrogens with zero attached hydrogens (tertiary/aromatic N) is 1. The summed E-state index contributed by atoms with van der Waals surface area (Å²) in [4.78, 5) is 2.33. The molecule has 1 fully saturated rings. The minimum Gasteiger partial charge on any atom is -0.310 e. The maximum atomic E-state index is 3.59. The van der Waals surface area contributed by atoms with Crippen LogP contribution < -0.4 is 4.90 Å². The smallest absolute Gasteiger partial charge is 0.0467 e. The van der Waals surface area contributed by atoms with Gasteiger partial charge in [0.15, 0.2) is 0 Å². The highest BCUT2D eigenvalue weighted by Crippen LogP contribution is 2.60. The number of anilines is 3. The molecule has 2 aliphatic carbocycles. The van der Waals surface area contributed by atoms with Crippen LogP contribution in [-0.4, -0.2) is 0 Å². The van der Waals surface area contributed by atoms with Crippen molar-refractivity contribution in [3.63, 3.8) is 0 Å². The van der Waals surface area contributed by atoms with E-state index < -0.39 is 0 Å². The van der Waals surface area contributed by atoms with Crippen molar-refractivity contribution in [3.05, 3.63) is 111 Å². The van der Waals surface area contributed by atoms with Crippen LogP contribution in [-0.2, 0) is 10.8 Å². The third-order valence-electron chi connectivity index (χ3n) is 8.29. The Balaban J connectivity index is 1.48. The lowest BCUT2D eigenvalue weighted by Crippen LogP contribution is -2.17. The molecule has 0 heterocycles. The highest BCUT2D eigenvalue weighted by atomic mass is 79.9. The van der Waals surface area contributed by atoms with Crippen molar-refractivity contribution in [2.45, 2.75) is 50.9 Å². The van der Waals surface area contributed by atoms with Crippen LogP contribution in [0.15, 0.2) is 93.9 Å². The molecule has 0 spiro atoms. The first kappa shape index (κ1) is 23.1. The second-order valence-electron chi connectivity index (χ2n) is 10.8. The van der Waals surface area contributed by atoms with Crippen molar-refractivity contribution >= 4 is 48.9 Å². The maximum absolute atomic E-state index is 3.59. The molecular formula is C32H29Br2N. The van der Waals surface area contributed by atoms with E-state index in [-0.39, 0.29) is 0 Å². The predicted molar refractivity (Wildman–Crippen MR) is 155 cm³/mol. The van der Waals surface area contributed by atoms with E-state index in [1.165, 1.54) is 36.0 Å². The molecule has 0 radical (unpaired) electrons. The molecule has 2 aliphatic rings. The highest BCUT2D eigenvalue weighted by Gasteiger charge is 2.52. The van der Waals surface area contributed by atoms with Gasteiger partial charge in [-0.3, -0.25) is 0 Å². The van der Waals surface area contributed by atoms with Crippen LogP contribution in [0.5, 0.6) is 0 Å². The number of hydrogen-bond acceptors (Lipinski definition) is 1. The molecule has 1 nitrogen and oxygen atoms in total. The molecule has 2 atom stereocenters. The summed E-state index contributed by atoms with van der Waals surface area (Å²) in [6.45, 7) is 7.16. The summed E-state index contributed by atoms with van der Waals surface area (Å²) in [7, 11) is 0. The fraction of sp³-hybridized carbons (Fsp3) is 0.250. The molecule has 1 saturated carbocycles. The van der Waals surface area contributed by atoms with Gasteiger partial charge in [0.05, 0.1) is 0 Å². The molecule has 0 aliphatic heterocycles. The Morgan fingerprint density at radius 1 is 0.629 bits per heavy atom. The molecular weight excluding hydrogens is 558 g/mol. The van der Waals surface area contributed by atoms with Gasteiger partial charge in [-0.2, -0.15) is 0 Å². The van der Waals surface area contributed by atoms with Crippen LogP contribution >= 0.6 is 31.9 Å². The largest absolute Gasteiger partial charge is 0.310 e. The van der Waals surface area contributed by atoms with Crippen LogP contribution in [0, 0.1) is 6.92 Å². The van der Waals surface area contributed by atoms with Gasteiger partial charge in [0, 0.05) is 26.0 Å². The Hall–Kier alpha value is -2.36. The third kappa shape index (κ3) is 3.88. The lowest BCUT2D eigenvalue weighted by molar-refractivity contribution is 0.484. The molecule has 4 aromatic rings. The van der Waals surface area contributed by atoms with Gasteiger partial charge in [0.25, 0.3) is 0 Å². The minimum atomic E-state index is 0.326. The van der Waals surface area contributed by atoms with Crippen LogP contribution in [0.2, 0.25) is 0 Å². The van der Waals surface area contributed by atoms with Gasteiger partial charge in [0.2, 0.25) is 0 Å². The minimum absolute atomic E-state index is 0.326. The van der Waals surface area contributed by atoms with E-state index in [1.54, 1.807) is 11.1 Å². The zero-order valence-electron chi connectivity index (χ0n) is 20.4. The molecule has 35 heavy (non-hydrogen) atoms. The molecule has 6 rings (SSSR count). The molecule has 176 valence electrons. The Morgan fingerprint density at radius 3 is 1.77 bits per heavy atom. The summed E-state index contributed by atoms with van der Waals surface area (Å²) >= 11 is 7.18. The number of fused-ring (bicyclic) bond motifs is 5. The summed E-state index contributed by atoms with van der Waals surface area (Å²) in [5, 5.41) is 0. The first-order valence-electron chi connectivity index (χ1n) is 12.3. The van der Waals surface area contributed by atoms with Crippen molar-refractivity contribution in [1.82, 2.24) is 0 Å². The molecule has 0 aromatic heterocycles. The normalized spacial score (nSPS) is 22.3. The van der Waals surface area contributed by atoms with Gasteiger partial charge in [-0.25, -0.2) is 0 Å². The summed E-state index contributed by atoms with van der Waals surface area (Å²) in [5.41, 5.74) is 11.2. The van der Waals surface area contributed by atoms with Gasteiger partial charge < -0.3 is 4.90 Å². The molecule has 2 bridgehead atoms. The van der Waals surface area contributed by atoms with E-state index in [4.69, 9.17) is 0 Å². The average molecular weight is 587 g/mol. The maximum Gasteiger partial charge on any atom is 0.0467 e. The number of halogens is 2. The second-order valence-corrected chi connectivity index (χ2v) is 12.7. The summed E-state index contributed by atoms with van der Waals surface area (Å²) < 4.78 is 2.16. The van der Waals surface area contributed by atoms with Gasteiger partial charge in [-0.1, -0.05) is 70.0 Å². The van der Waals surface area contributed by atoms with Gasteiger partial charge in [-0.05, 0) is 125 Å². The highest BCUT2D eigenvalue weighted by molar-refractivity contribution is 9.10. The Labute approximate surface area is 225 Å². The Kier molecular flexibility index (Phi) is 5.50. The van der Waals surface area contributed by atoms with E-state index in [1.807, 2.05) is 0 Å². The van der Waals surface area contributed by atoms with Crippen molar-refractivity contribution in [3.8, 4) is 11.1 Å². The van der Waals surface area contributed by atoms with Gasteiger partial charge >= 0.3 is 0 Å². The lowest BCUT2D eigenvalue weighted by atomic mass is 9.77. The third-order valence-corrected chi connectivity index (χ3v) is 9.35. The molecule has 2 unspecified atom stereocenters. The van der Waals surface area contributed by atoms with Gasteiger partial charge in [0.1, 0.15) is 0 Å². The van der Waals surface area contributed by atoms with Crippen molar-refractivity contribution in [2.24, 2.45) is 0 Å². The summed E-state index contributed by atoms with van der Waals surface area (Å²) in [5.74, 6) is 0. The molecule has 4 aromatic carbocycles. The number of hydrogen-bond donors (Lipinski definition) is 0. The van der Waals surface area contributed by atoms with Crippen LogP contribution in [0.25, 0.3) is 11.1 Å². The van der Waals surface area contributed by atoms with E-state index in [2.05, 4.69) is 142 Å².